The molecule has 1 unspecified atom stereocenters. The number of nitrogens with zero attached hydrogens (tertiary/aromatic N) is 2. The van der Waals surface area contributed by atoms with Gasteiger partial charge >= 0.3 is 0 Å². The lowest BCUT2D eigenvalue weighted by Crippen LogP contribution is -2.35. The van der Waals surface area contributed by atoms with Gasteiger partial charge in [-0.15, -0.1) is 0 Å². The summed E-state index contributed by atoms with van der Waals surface area (Å²) < 4.78 is 11.4. The highest BCUT2D eigenvalue weighted by Crippen LogP contribution is 2.36. The standard InChI is InChI=1S/C24H32N2O2/c1-16(2)9-11-26-12-10-23-21(14-26)22-15-28-17(3)13-20(22)24(25-23)18-5-7-19(27-4)8-6-18/h5-8,16-17H,9-15H2,1-4H3. The van der Waals surface area contributed by atoms with Crippen LogP contribution in [-0.4, -0.2) is 36.2 Å². The van der Waals surface area contributed by atoms with Crippen LogP contribution in [-0.2, 0) is 30.7 Å². The summed E-state index contributed by atoms with van der Waals surface area (Å²) >= 11 is 0. The fourth-order valence-corrected chi connectivity index (χ4v) is 4.31. The number of aromatic nitrogens is 1. The van der Waals surface area contributed by atoms with Gasteiger partial charge in [-0.05, 0) is 66.8 Å². The zero-order valence-corrected chi connectivity index (χ0v) is 17.6. The first-order valence-corrected chi connectivity index (χ1v) is 10.6. The van der Waals surface area contributed by atoms with Crippen molar-refractivity contribution in [2.75, 3.05) is 20.2 Å². The van der Waals surface area contributed by atoms with Gasteiger partial charge in [-0.25, -0.2) is 0 Å². The molecule has 0 spiro atoms. The first kappa shape index (κ1) is 19.4. The van der Waals surface area contributed by atoms with E-state index in [1.54, 1.807) is 7.11 Å². The van der Waals surface area contributed by atoms with Crippen molar-refractivity contribution in [3.05, 3.63) is 46.6 Å². The molecule has 2 aliphatic heterocycles. The Hall–Kier alpha value is -1.91. The minimum Gasteiger partial charge on any atom is -0.497 e. The van der Waals surface area contributed by atoms with Gasteiger partial charge in [0.2, 0.25) is 0 Å². The Kier molecular flexibility index (Phi) is 5.70. The van der Waals surface area contributed by atoms with E-state index in [4.69, 9.17) is 14.5 Å². The van der Waals surface area contributed by atoms with Crippen LogP contribution in [0.4, 0.5) is 0 Å². The van der Waals surface area contributed by atoms with E-state index in [9.17, 15) is 0 Å². The average Bonchev–Trinajstić information content (AvgIpc) is 2.71. The second kappa shape index (κ2) is 8.22. The highest BCUT2D eigenvalue weighted by atomic mass is 16.5. The van der Waals surface area contributed by atoms with E-state index < -0.39 is 0 Å². The summed E-state index contributed by atoms with van der Waals surface area (Å²) in [6, 6.07) is 8.32. The largest absolute Gasteiger partial charge is 0.497 e. The van der Waals surface area contributed by atoms with E-state index in [0.717, 1.165) is 43.3 Å². The monoisotopic (exact) mass is 380 g/mol. The van der Waals surface area contributed by atoms with Crippen molar-refractivity contribution in [1.82, 2.24) is 9.88 Å². The van der Waals surface area contributed by atoms with Crippen molar-refractivity contribution in [2.45, 2.75) is 59.3 Å². The summed E-state index contributed by atoms with van der Waals surface area (Å²) in [7, 11) is 1.71. The molecule has 0 fully saturated rings. The second-order valence-electron chi connectivity index (χ2n) is 8.61. The molecular weight excluding hydrogens is 348 g/mol. The van der Waals surface area contributed by atoms with E-state index >= 15 is 0 Å². The quantitative estimate of drug-likeness (QED) is 0.758. The third-order valence-corrected chi connectivity index (χ3v) is 6.05. The molecule has 0 saturated heterocycles. The van der Waals surface area contributed by atoms with E-state index in [1.807, 2.05) is 12.1 Å². The summed E-state index contributed by atoms with van der Waals surface area (Å²) in [5, 5.41) is 0. The predicted octanol–water partition coefficient (Wildman–Crippen LogP) is 4.62. The number of methoxy groups -OCH3 is 1. The summed E-state index contributed by atoms with van der Waals surface area (Å²) in [5.41, 5.74) is 7.78. The SMILES string of the molecule is COc1ccc(-c2nc3c(c4c2CC(C)OC4)CN(CCC(C)C)CC3)cc1. The Morgan fingerprint density at radius 3 is 2.68 bits per heavy atom. The van der Waals surface area contributed by atoms with Gasteiger partial charge < -0.3 is 9.47 Å². The van der Waals surface area contributed by atoms with Crippen molar-refractivity contribution < 1.29 is 9.47 Å². The number of hydrogen-bond acceptors (Lipinski definition) is 4. The van der Waals surface area contributed by atoms with Crippen molar-refractivity contribution in [2.24, 2.45) is 5.92 Å². The predicted molar refractivity (Wildman–Crippen MR) is 113 cm³/mol. The Balaban J connectivity index is 1.71. The van der Waals surface area contributed by atoms with Crippen LogP contribution in [0.2, 0.25) is 0 Å². The van der Waals surface area contributed by atoms with Gasteiger partial charge in [0, 0.05) is 37.2 Å². The van der Waals surface area contributed by atoms with Crippen LogP contribution < -0.4 is 4.74 Å². The Morgan fingerprint density at radius 1 is 1.18 bits per heavy atom. The molecule has 2 aliphatic rings. The number of rotatable bonds is 5. The van der Waals surface area contributed by atoms with Gasteiger partial charge in [0.05, 0.1) is 25.5 Å². The van der Waals surface area contributed by atoms with Crippen LogP contribution in [0.3, 0.4) is 0 Å². The van der Waals surface area contributed by atoms with E-state index in [0.29, 0.717) is 6.61 Å². The molecule has 0 N–H and O–H groups in total. The summed E-state index contributed by atoms with van der Waals surface area (Å²) in [4.78, 5) is 7.79. The highest BCUT2D eigenvalue weighted by Gasteiger charge is 2.28. The number of ether oxygens (including phenoxy) is 2. The fourth-order valence-electron chi connectivity index (χ4n) is 4.31. The molecule has 0 saturated carbocycles. The summed E-state index contributed by atoms with van der Waals surface area (Å²) in [6.45, 7) is 10.8. The third kappa shape index (κ3) is 3.94. The molecule has 0 aliphatic carbocycles. The lowest BCUT2D eigenvalue weighted by Gasteiger charge is -2.34. The van der Waals surface area contributed by atoms with Crippen LogP contribution in [0.25, 0.3) is 11.3 Å². The topological polar surface area (TPSA) is 34.6 Å². The molecule has 1 aromatic heterocycles. The maximum absolute atomic E-state index is 6.06. The molecule has 0 amide bonds. The lowest BCUT2D eigenvalue weighted by molar-refractivity contribution is 0.0397. The van der Waals surface area contributed by atoms with Crippen molar-refractivity contribution >= 4 is 0 Å². The number of pyridine rings is 1. The Bertz CT molecular complexity index is 829. The molecular formula is C24H32N2O2. The summed E-state index contributed by atoms with van der Waals surface area (Å²) in [6.07, 6.45) is 3.45. The average molecular weight is 381 g/mol. The van der Waals surface area contributed by atoms with Gasteiger partial charge in [-0.1, -0.05) is 13.8 Å². The van der Waals surface area contributed by atoms with Crippen LogP contribution in [0, 0.1) is 5.92 Å². The number of fused-ring (bicyclic) bond motifs is 3. The second-order valence-corrected chi connectivity index (χ2v) is 8.61. The molecule has 1 aromatic carbocycles. The van der Waals surface area contributed by atoms with Gasteiger partial charge in [0.25, 0.3) is 0 Å². The molecule has 150 valence electrons. The molecule has 0 radical (unpaired) electrons. The smallest absolute Gasteiger partial charge is 0.118 e. The van der Waals surface area contributed by atoms with Gasteiger partial charge in [-0.2, -0.15) is 0 Å². The molecule has 4 nitrogen and oxygen atoms in total. The number of hydrogen-bond donors (Lipinski definition) is 0. The van der Waals surface area contributed by atoms with E-state index in [-0.39, 0.29) is 6.10 Å². The molecule has 28 heavy (non-hydrogen) atoms. The van der Waals surface area contributed by atoms with Crippen LogP contribution in [0.1, 0.15) is 49.6 Å². The zero-order valence-electron chi connectivity index (χ0n) is 17.6. The van der Waals surface area contributed by atoms with Crippen molar-refractivity contribution in [3.63, 3.8) is 0 Å². The minimum atomic E-state index is 0.241. The molecule has 3 heterocycles. The Morgan fingerprint density at radius 2 is 1.96 bits per heavy atom. The number of benzene rings is 1. The van der Waals surface area contributed by atoms with Gasteiger partial charge in [0.1, 0.15) is 5.75 Å². The van der Waals surface area contributed by atoms with Gasteiger partial charge in [0.15, 0.2) is 0 Å². The zero-order chi connectivity index (χ0) is 19.7. The normalized spacial score (nSPS) is 19.4. The highest BCUT2D eigenvalue weighted by molar-refractivity contribution is 5.67. The molecule has 1 atom stereocenters. The fraction of sp³-hybridized carbons (Fsp3) is 0.542. The molecule has 4 rings (SSSR count). The minimum absolute atomic E-state index is 0.241. The maximum atomic E-state index is 6.06. The molecule has 4 heteroatoms. The maximum Gasteiger partial charge on any atom is 0.118 e. The third-order valence-electron chi connectivity index (χ3n) is 6.05. The van der Waals surface area contributed by atoms with Crippen LogP contribution in [0.15, 0.2) is 24.3 Å². The molecule has 2 aromatic rings. The first-order valence-electron chi connectivity index (χ1n) is 10.6. The van der Waals surface area contributed by atoms with Gasteiger partial charge in [-0.3, -0.25) is 9.88 Å². The Labute approximate surface area is 168 Å². The van der Waals surface area contributed by atoms with E-state index in [2.05, 4.69) is 37.8 Å². The first-order chi connectivity index (χ1) is 13.5. The van der Waals surface area contributed by atoms with E-state index in [1.165, 1.54) is 40.9 Å². The van der Waals surface area contributed by atoms with Crippen LogP contribution >= 0.6 is 0 Å². The summed E-state index contributed by atoms with van der Waals surface area (Å²) in [5.74, 6) is 1.63. The molecule has 0 bridgehead atoms. The lowest BCUT2D eigenvalue weighted by atomic mass is 9.88. The van der Waals surface area contributed by atoms with Crippen molar-refractivity contribution in [1.29, 1.82) is 0 Å². The van der Waals surface area contributed by atoms with Crippen LogP contribution in [0.5, 0.6) is 5.75 Å². The van der Waals surface area contributed by atoms with Crippen molar-refractivity contribution in [3.8, 4) is 17.0 Å².